The van der Waals surface area contributed by atoms with Gasteiger partial charge in [0, 0.05) is 6.20 Å². The molecule has 2 amide bonds. The van der Waals surface area contributed by atoms with Gasteiger partial charge in [-0.3, -0.25) is 14.9 Å². The van der Waals surface area contributed by atoms with Gasteiger partial charge < -0.3 is 10.0 Å². The van der Waals surface area contributed by atoms with Gasteiger partial charge in [-0.2, -0.15) is 0 Å². The first-order chi connectivity index (χ1) is 9.43. The second-order valence-electron chi connectivity index (χ2n) is 4.44. The number of imide groups is 1. The van der Waals surface area contributed by atoms with Crippen LogP contribution in [0.2, 0.25) is 0 Å². The Labute approximate surface area is 114 Å². The number of rotatable bonds is 3. The molecule has 2 heterocycles. The van der Waals surface area contributed by atoms with Gasteiger partial charge in [-0.1, -0.05) is 6.92 Å². The maximum absolute atomic E-state index is 11.8. The molecule has 1 saturated heterocycles. The zero-order chi connectivity index (χ0) is 14.9. The van der Waals surface area contributed by atoms with Crippen molar-refractivity contribution in [3.63, 3.8) is 0 Å². The summed E-state index contributed by atoms with van der Waals surface area (Å²) in [5.74, 6) is -1.76. The van der Waals surface area contributed by atoms with E-state index in [4.69, 9.17) is 5.11 Å². The Morgan fingerprint density at radius 2 is 2.25 bits per heavy atom. The summed E-state index contributed by atoms with van der Waals surface area (Å²) < 4.78 is 0. The van der Waals surface area contributed by atoms with Crippen LogP contribution in [-0.4, -0.2) is 45.4 Å². The van der Waals surface area contributed by atoms with E-state index >= 15 is 0 Å². The Hall–Kier alpha value is -2.51. The number of hydrogen-bond donors (Lipinski definition) is 2. The van der Waals surface area contributed by atoms with E-state index in [2.05, 4.69) is 15.3 Å². The van der Waals surface area contributed by atoms with Crippen LogP contribution in [0.5, 0.6) is 0 Å². The lowest BCUT2D eigenvalue weighted by atomic mass is 10.1. The first kappa shape index (κ1) is 13.9. The van der Waals surface area contributed by atoms with Crippen LogP contribution in [0, 0.1) is 6.92 Å². The SMILES string of the molecule is CCC1C(=O)NC(=O)CN1c1ncc(C(=O)O)c(C)n1. The second-order valence-corrected chi connectivity index (χ2v) is 4.44. The summed E-state index contributed by atoms with van der Waals surface area (Å²) in [6, 6.07) is -0.539. The quantitative estimate of drug-likeness (QED) is 0.731. The number of aromatic nitrogens is 2. The Kier molecular flexibility index (Phi) is 3.64. The maximum atomic E-state index is 11.8. The molecule has 0 aromatic carbocycles. The molecule has 1 aliphatic rings. The minimum Gasteiger partial charge on any atom is -0.478 e. The molecule has 1 aromatic rings. The number of aryl methyl sites for hydroxylation is 1. The monoisotopic (exact) mass is 278 g/mol. The minimum atomic E-state index is -1.12. The molecule has 0 radical (unpaired) electrons. The van der Waals surface area contributed by atoms with Crippen molar-refractivity contribution in [1.82, 2.24) is 15.3 Å². The van der Waals surface area contributed by atoms with Gasteiger partial charge in [0.2, 0.25) is 17.8 Å². The first-order valence-corrected chi connectivity index (χ1v) is 6.11. The third-order valence-corrected chi connectivity index (χ3v) is 3.10. The predicted molar refractivity (Wildman–Crippen MR) is 68.3 cm³/mol. The molecule has 2 rings (SSSR count). The molecule has 0 bridgehead atoms. The predicted octanol–water partition coefficient (Wildman–Crippen LogP) is -0.275. The van der Waals surface area contributed by atoms with Gasteiger partial charge in [-0.15, -0.1) is 0 Å². The lowest BCUT2D eigenvalue weighted by Crippen LogP contribution is -2.58. The summed E-state index contributed by atoms with van der Waals surface area (Å²) in [5.41, 5.74) is 0.283. The van der Waals surface area contributed by atoms with Gasteiger partial charge in [-0.25, -0.2) is 14.8 Å². The molecule has 1 aromatic heterocycles. The number of amides is 2. The number of carbonyl (C=O) groups is 3. The normalized spacial score (nSPS) is 18.9. The zero-order valence-corrected chi connectivity index (χ0v) is 11.1. The molecule has 1 aliphatic heterocycles. The summed E-state index contributed by atoms with van der Waals surface area (Å²) in [6.07, 6.45) is 1.67. The number of carbonyl (C=O) groups excluding carboxylic acids is 2. The molecule has 1 unspecified atom stereocenters. The second kappa shape index (κ2) is 5.24. The molecule has 1 fully saturated rings. The van der Waals surface area contributed by atoms with Crippen molar-refractivity contribution in [3.8, 4) is 0 Å². The fourth-order valence-electron chi connectivity index (χ4n) is 2.09. The fourth-order valence-corrected chi connectivity index (χ4v) is 2.09. The Balaban J connectivity index is 2.38. The summed E-state index contributed by atoms with van der Waals surface area (Å²) >= 11 is 0. The lowest BCUT2D eigenvalue weighted by molar-refractivity contribution is -0.133. The standard InChI is InChI=1S/C12H14N4O4/c1-3-8-10(18)15-9(17)5-16(8)12-13-4-7(11(19)20)6(2)14-12/h4,8H,3,5H2,1-2H3,(H,19,20)(H,15,17,18). The van der Waals surface area contributed by atoms with Crippen LogP contribution in [0.25, 0.3) is 0 Å². The van der Waals surface area contributed by atoms with E-state index in [-0.39, 0.29) is 23.8 Å². The topological polar surface area (TPSA) is 112 Å². The van der Waals surface area contributed by atoms with Gasteiger partial charge in [0.15, 0.2) is 0 Å². The first-order valence-electron chi connectivity index (χ1n) is 6.11. The third kappa shape index (κ3) is 2.44. The molecule has 20 heavy (non-hydrogen) atoms. The van der Waals surface area contributed by atoms with Crippen molar-refractivity contribution >= 4 is 23.7 Å². The highest BCUT2D eigenvalue weighted by atomic mass is 16.4. The van der Waals surface area contributed by atoms with Crippen molar-refractivity contribution in [1.29, 1.82) is 0 Å². The van der Waals surface area contributed by atoms with Gasteiger partial charge in [0.25, 0.3) is 0 Å². The maximum Gasteiger partial charge on any atom is 0.339 e. The number of anilines is 1. The van der Waals surface area contributed by atoms with Crippen LogP contribution >= 0.6 is 0 Å². The van der Waals surface area contributed by atoms with Gasteiger partial charge in [-0.05, 0) is 13.3 Å². The molecule has 8 nitrogen and oxygen atoms in total. The largest absolute Gasteiger partial charge is 0.478 e. The molecule has 0 aliphatic carbocycles. The lowest BCUT2D eigenvalue weighted by Gasteiger charge is -2.33. The minimum absolute atomic E-state index is 0.00501. The molecular weight excluding hydrogens is 264 g/mol. The van der Waals surface area contributed by atoms with E-state index in [1.54, 1.807) is 6.92 Å². The molecule has 0 saturated carbocycles. The van der Waals surface area contributed by atoms with Crippen LogP contribution in [0.1, 0.15) is 29.4 Å². The van der Waals surface area contributed by atoms with Crippen molar-refractivity contribution in [2.24, 2.45) is 0 Å². The highest BCUT2D eigenvalue weighted by molar-refractivity contribution is 6.04. The zero-order valence-electron chi connectivity index (χ0n) is 11.1. The van der Waals surface area contributed by atoms with Crippen LogP contribution in [0.4, 0.5) is 5.95 Å². The summed E-state index contributed by atoms with van der Waals surface area (Å²) in [7, 11) is 0. The van der Waals surface area contributed by atoms with E-state index in [9.17, 15) is 14.4 Å². The Morgan fingerprint density at radius 3 is 2.80 bits per heavy atom. The van der Waals surface area contributed by atoms with Crippen LogP contribution in [-0.2, 0) is 9.59 Å². The third-order valence-electron chi connectivity index (χ3n) is 3.10. The molecule has 2 N–H and O–H groups in total. The molecule has 8 heteroatoms. The van der Waals surface area contributed by atoms with E-state index in [0.29, 0.717) is 6.42 Å². The van der Waals surface area contributed by atoms with Crippen LogP contribution in [0.3, 0.4) is 0 Å². The number of aromatic carboxylic acids is 1. The number of nitrogens with one attached hydrogen (secondary N) is 1. The number of hydrogen-bond acceptors (Lipinski definition) is 6. The average molecular weight is 278 g/mol. The van der Waals surface area contributed by atoms with E-state index in [1.807, 2.05) is 6.92 Å². The summed E-state index contributed by atoms with van der Waals surface area (Å²) in [5, 5.41) is 11.2. The van der Waals surface area contributed by atoms with Gasteiger partial charge >= 0.3 is 5.97 Å². The number of piperazine rings is 1. The van der Waals surface area contributed by atoms with E-state index in [1.165, 1.54) is 11.1 Å². The smallest absolute Gasteiger partial charge is 0.339 e. The van der Waals surface area contributed by atoms with Gasteiger partial charge in [0.05, 0.1) is 11.3 Å². The molecule has 0 spiro atoms. The van der Waals surface area contributed by atoms with Crippen molar-refractivity contribution in [2.75, 3.05) is 11.4 Å². The fraction of sp³-hybridized carbons (Fsp3) is 0.417. The van der Waals surface area contributed by atoms with E-state index in [0.717, 1.165) is 0 Å². The average Bonchev–Trinajstić information content (AvgIpc) is 2.37. The number of carboxylic acids is 1. The summed E-state index contributed by atoms with van der Waals surface area (Å²) in [4.78, 5) is 43.7. The number of carboxylic acid groups (broad SMARTS) is 1. The highest BCUT2D eigenvalue weighted by Gasteiger charge is 2.34. The number of nitrogens with zero attached hydrogens (tertiary/aromatic N) is 3. The molecule has 106 valence electrons. The Bertz CT molecular complexity index is 587. The Morgan fingerprint density at radius 1 is 1.55 bits per heavy atom. The molecule has 1 atom stereocenters. The van der Waals surface area contributed by atoms with Crippen LogP contribution < -0.4 is 10.2 Å². The van der Waals surface area contributed by atoms with Crippen molar-refractivity contribution in [2.45, 2.75) is 26.3 Å². The highest BCUT2D eigenvalue weighted by Crippen LogP contribution is 2.18. The van der Waals surface area contributed by atoms with E-state index < -0.39 is 23.8 Å². The summed E-state index contributed by atoms with van der Waals surface area (Å²) in [6.45, 7) is 3.32. The van der Waals surface area contributed by atoms with Crippen LogP contribution in [0.15, 0.2) is 6.20 Å². The molecular formula is C12H14N4O4. The van der Waals surface area contributed by atoms with Gasteiger partial charge in [0.1, 0.15) is 12.6 Å². The van der Waals surface area contributed by atoms with Crippen molar-refractivity contribution in [3.05, 3.63) is 17.5 Å². The van der Waals surface area contributed by atoms with Crippen molar-refractivity contribution < 1.29 is 19.5 Å².